The lowest BCUT2D eigenvalue weighted by atomic mass is 10.2. The van der Waals surface area contributed by atoms with Gasteiger partial charge in [0.2, 0.25) is 0 Å². The first-order valence-electron chi connectivity index (χ1n) is 5.62. The maximum absolute atomic E-state index is 8.86. The second-order valence-corrected chi connectivity index (χ2v) is 3.66. The Morgan fingerprint density at radius 2 is 2.18 bits per heavy atom. The van der Waals surface area contributed by atoms with Crippen molar-refractivity contribution in [3.8, 4) is 17.6 Å². The highest BCUT2D eigenvalue weighted by Crippen LogP contribution is 2.29. The van der Waals surface area contributed by atoms with Crippen molar-refractivity contribution in [3.05, 3.63) is 23.8 Å². The second-order valence-electron chi connectivity index (χ2n) is 3.66. The maximum Gasteiger partial charge on any atom is 0.184 e. The monoisotopic (exact) mass is 234 g/mol. The lowest BCUT2D eigenvalue weighted by Gasteiger charge is -2.14. The van der Waals surface area contributed by atoms with Crippen molar-refractivity contribution in [2.24, 2.45) is 0 Å². The molecule has 1 aromatic carbocycles. The van der Waals surface area contributed by atoms with Crippen LogP contribution in [0.1, 0.15) is 18.9 Å². The van der Waals surface area contributed by atoms with Gasteiger partial charge in [-0.2, -0.15) is 5.26 Å². The van der Waals surface area contributed by atoms with Crippen LogP contribution in [0.5, 0.6) is 11.5 Å². The minimum absolute atomic E-state index is 0.431. The quantitative estimate of drug-likeness (QED) is 0.819. The van der Waals surface area contributed by atoms with Gasteiger partial charge in [-0.05, 0) is 31.2 Å². The van der Waals surface area contributed by atoms with Gasteiger partial charge in [-0.3, -0.25) is 0 Å². The zero-order valence-electron chi connectivity index (χ0n) is 10.5. The molecule has 0 aromatic heterocycles. The Morgan fingerprint density at radius 3 is 2.71 bits per heavy atom. The first-order chi connectivity index (χ1) is 8.24. The highest BCUT2D eigenvalue weighted by Gasteiger charge is 2.11. The molecular weight excluding hydrogens is 216 g/mol. The average Bonchev–Trinajstić information content (AvgIpc) is 2.37. The summed E-state index contributed by atoms with van der Waals surface area (Å²) in [4.78, 5) is 0. The summed E-state index contributed by atoms with van der Waals surface area (Å²) in [5, 5.41) is 11.9. The minimum Gasteiger partial charge on any atom is -0.493 e. The maximum atomic E-state index is 8.86. The molecule has 17 heavy (non-hydrogen) atoms. The third kappa shape index (κ3) is 3.65. The van der Waals surface area contributed by atoms with Gasteiger partial charge in [0, 0.05) is 6.54 Å². The van der Waals surface area contributed by atoms with Crippen LogP contribution in [-0.4, -0.2) is 20.3 Å². The molecule has 1 atom stereocenters. The van der Waals surface area contributed by atoms with Crippen LogP contribution in [0.25, 0.3) is 0 Å². The smallest absolute Gasteiger partial charge is 0.184 e. The van der Waals surface area contributed by atoms with Crippen LogP contribution >= 0.6 is 0 Å². The summed E-state index contributed by atoms with van der Waals surface area (Å²) in [5.74, 6) is 1.27. The molecule has 0 amide bonds. The molecular formula is C13H18N2O2. The van der Waals surface area contributed by atoms with Crippen LogP contribution in [-0.2, 0) is 6.54 Å². The lowest BCUT2D eigenvalue weighted by Crippen LogP contribution is -2.13. The van der Waals surface area contributed by atoms with Crippen molar-refractivity contribution in [2.75, 3.05) is 14.2 Å². The SMILES string of the molecule is CCC(C#N)Oc1ccc(CNC)cc1OC. The Kier molecular flexibility index (Phi) is 5.31. The number of rotatable bonds is 6. The molecule has 0 aliphatic rings. The first-order valence-corrected chi connectivity index (χ1v) is 5.62. The van der Waals surface area contributed by atoms with E-state index in [0.29, 0.717) is 17.9 Å². The van der Waals surface area contributed by atoms with Crippen LogP contribution in [0.3, 0.4) is 0 Å². The lowest BCUT2D eigenvalue weighted by molar-refractivity contribution is 0.239. The number of hydrogen-bond acceptors (Lipinski definition) is 4. The number of nitriles is 1. The van der Waals surface area contributed by atoms with Crippen LogP contribution in [0.2, 0.25) is 0 Å². The molecule has 0 aliphatic heterocycles. The van der Waals surface area contributed by atoms with E-state index in [1.165, 1.54) is 0 Å². The summed E-state index contributed by atoms with van der Waals surface area (Å²) >= 11 is 0. The highest BCUT2D eigenvalue weighted by molar-refractivity contribution is 5.43. The number of nitrogens with zero attached hydrogens (tertiary/aromatic N) is 1. The molecule has 0 fully saturated rings. The van der Waals surface area contributed by atoms with E-state index in [4.69, 9.17) is 14.7 Å². The van der Waals surface area contributed by atoms with Gasteiger partial charge in [0.15, 0.2) is 17.6 Å². The summed E-state index contributed by atoms with van der Waals surface area (Å²) in [6.07, 6.45) is 0.219. The molecule has 0 saturated carbocycles. The Labute approximate surface area is 102 Å². The summed E-state index contributed by atoms with van der Waals surface area (Å²) in [6.45, 7) is 2.68. The summed E-state index contributed by atoms with van der Waals surface area (Å²) in [7, 11) is 3.48. The Balaban J connectivity index is 2.89. The van der Waals surface area contributed by atoms with Crippen molar-refractivity contribution in [1.82, 2.24) is 5.32 Å². The van der Waals surface area contributed by atoms with E-state index in [0.717, 1.165) is 12.1 Å². The third-order valence-electron chi connectivity index (χ3n) is 2.39. The third-order valence-corrected chi connectivity index (χ3v) is 2.39. The summed E-state index contributed by atoms with van der Waals surface area (Å²) in [6, 6.07) is 7.81. The number of hydrogen-bond donors (Lipinski definition) is 1. The van der Waals surface area contributed by atoms with Crippen molar-refractivity contribution in [2.45, 2.75) is 26.0 Å². The molecule has 92 valence electrons. The predicted molar refractivity (Wildman–Crippen MR) is 66.1 cm³/mol. The zero-order valence-corrected chi connectivity index (χ0v) is 10.5. The van der Waals surface area contributed by atoms with Gasteiger partial charge in [0.05, 0.1) is 7.11 Å². The Morgan fingerprint density at radius 1 is 1.41 bits per heavy atom. The molecule has 0 aliphatic carbocycles. The topological polar surface area (TPSA) is 54.3 Å². The molecule has 0 spiro atoms. The van der Waals surface area contributed by atoms with Crippen molar-refractivity contribution < 1.29 is 9.47 Å². The Hall–Kier alpha value is -1.73. The van der Waals surface area contributed by atoms with Gasteiger partial charge in [-0.1, -0.05) is 13.0 Å². The highest BCUT2D eigenvalue weighted by atomic mass is 16.5. The fourth-order valence-electron chi connectivity index (χ4n) is 1.48. The molecule has 1 aromatic rings. The van der Waals surface area contributed by atoms with E-state index < -0.39 is 6.10 Å². The van der Waals surface area contributed by atoms with Gasteiger partial charge in [-0.25, -0.2) is 0 Å². The molecule has 0 heterocycles. The van der Waals surface area contributed by atoms with Crippen LogP contribution < -0.4 is 14.8 Å². The van der Waals surface area contributed by atoms with Crippen molar-refractivity contribution in [3.63, 3.8) is 0 Å². The van der Waals surface area contributed by atoms with E-state index in [1.54, 1.807) is 7.11 Å². The number of ether oxygens (including phenoxy) is 2. The first kappa shape index (κ1) is 13.3. The second kappa shape index (κ2) is 6.77. The van der Waals surface area contributed by atoms with Gasteiger partial charge < -0.3 is 14.8 Å². The van der Waals surface area contributed by atoms with E-state index in [1.807, 2.05) is 32.2 Å². The molecule has 0 saturated heterocycles. The van der Waals surface area contributed by atoms with Crippen LogP contribution in [0.4, 0.5) is 0 Å². The average molecular weight is 234 g/mol. The van der Waals surface area contributed by atoms with Gasteiger partial charge in [0.1, 0.15) is 6.07 Å². The number of methoxy groups -OCH3 is 1. The fourth-order valence-corrected chi connectivity index (χ4v) is 1.48. The van der Waals surface area contributed by atoms with E-state index in [2.05, 4.69) is 11.4 Å². The predicted octanol–water partition coefficient (Wildman–Crippen LogP) is 2.10. The van der Waals surface area contributed by atoms with E-state index in [9.17, 15) is 0 Å². The number of benzene rings is 1. The largest absolute Gasteiger partial charge is 0.493 e. The normalized spacial score (nSPS) is 11.6. The molecule has 1 N–H and O–H groups in total. The van der Waals surface area contributed by atoms with Gasteiger partial charge in [0.25, 0.3) is 0 Å². The summed E-state index contributed by atoms with van der Waals surface area (Å²) in [5.41, 5.74) is 1.11. The molecule has 0 radical (unpaired) electrons. The molecule has 4 nitrogen and oxygen atoms in total. The van der Waals surface area contributed by atoms with Crippen molar-refractivity contribution in [1.29, 1.82) is 5.26 Å². The van der Waals surface area contributed by atoms with Gasteiger partial charge >= 0.3 is 0 Å². The van der Waals surface area contributed by atoms with Crippen LogP contribution in [0, 0.1) is 11.3 Å². The molecule has 4 heteroatoms. The molecule has 1 rings (SSSR count). The fraction of sp³-hybridized carbons (Fsp3) is 0.462. The number of nitrogens with one attached hydrogen (secondary N) is 1. The van der Waals surface area contributed by atoms with E-state index >= 15 is 0 Å². The van der Waals surface area contributed by atoms with Crippen LogP contribution in [0.15, 0.2) is 18.2 Å². The minimum atomic E-state index is -0.431. The summed E-state index contributed by atoms with van der Waals surface area (Å²) < 4.78 is 10.8. The van der Waals surface area contributed by atoms with Gasteiger partial charge in [-0.15, -0.1) is 0 Å². The van der Waals surface area contributed by atoms with E-state index in [-0.39, 0.29) is 0 Å². The molecule has 0 bridgehead atoms. The Bertz CT molecular complexity index is 399. The standard InChI is InChI=1S/C13H18N2O2/c1-4-11(8-14)17-12-6-5-10(9-15-2)7-13(12)16-3/h5-7,11,15H,4,9H2,1-3H3. The van der Waals surface area contributed by atoms with Crippen molar-refractivity contribution >= 4 is 0 Å². The zero-order chi connectivity index (χ0) is 12.7. The molecule has 1 unspecified atom stereocenters.